The molecule has 29 heavy (non-hydrogen) atoms. The molecule has 0 aliphatic carbocycles. The Kier molecular flexibility index (Phi) is 7.83. The summed E-state index contributed by atoms with van der Waals surface area (Å²) in [6.07, 6.45) is 5.00. The Morgan fingerprint density at radius 3 is 1.31 bits per heavy atom. The van der Waals surface area contributed by atoms with Gasteiger partial charge in [0, 0.05) is 0 Å². The van der Waals surface area contributed by atoms with Crippen molar-refractivity contribution in [3.63, 3.8) is 0 Å². The molecule has 2 nitrogen and oxygen atoms in total. The van der Waals surface area contributed by atoms with Gasteiger partial charge >= 0.3 is 196 Å². The summed E-state index contributed by atoms with van der Waals surface area (Å²) in [5.41, 5.74) is 0. The molecule has 152 valence electrons. The van der Waals surface area contributed by atoms with E-state index in [9.17, 15) is 0 Å². The molecule has 0 radical (unpaired) electrons. The van der Waals surface area contributed by atoms with E-state index in [4.69, 9.17) is 24.4 Å². The third-order valence-corrected chi connectivity index (χ3v) is 34.6. The number of benzene rings is 2. The van der Waals surface area contributed by atoms with Gasteiger partial charge in [-0.05, 0) is 0 Å². The van der Waals surface area contributed by atoms with E-state index in [-0.39, 0.29) is 0 Å². The molecule has 2 aliphatic heterocycles. The summed E-state index contributed by atoms with van der Waals surface area (Å²) in [5, 5.41) is 0. The SMILES string of the molecule is S=C([S][Sn]([S]C(=S)N1CCCC1)([c]1ccccc1)[c]1ccccc1)N1CCCC1. The Bertz CT molecular complexity index is 763. The molecule has 2 heterocycles. The molecule has 2 aliphatic rings. The van der Waals surface area contributed by atoms with E-state index in [1.165, 1.54) is 32.8 Å². The molecule has 2 aromatic carbocycles. The summed E-state index contributed by atoms with van der Waals surface area (Å²) in [5.74, 6) is 0. The number of likely N-dealkylation sites (tertiary alicyclic amines) is 2. The van der Waals surface area contributed by atoms with Crippen molar-refractivity contribution in [1.82, 2.24) is 9.80 Å². The molecule has 0 aromatic heterocycles. The van der Waals surface area contributed by atoms with Crippen LogP contribution in [0.5, 0.6) is 0 Å². The van der Waals surface area contributed by atoms with Gasteiger partial charge in [-0.25, -0.2) is 0 Å². The topological polar surface area (TPSA) is 6.48 Å². The summed E-state index contributed by atoms with van der Waals surface area (Å²) in [6, 6.07) is 22.1. The number of thiocarbonyl (C=S) groups is 2. The second kappa shape index (κ2) is 10.4. The minimum absolute atomic E-state index is 1.07. The minimum atomic E-state index is -3.34. The van der Waals surface area contributed by atoms with Gasteiger partial charge in [0.05, 0.1) is 0 Å². The van der Waals surface area contributed by atoms with Gasteiger partial charge in [0.15, 0.2) is 0 Å². The number of hydrogen-bond donors (Lipinski definition) is 0. The van der Waals surface area contributed by atoms with E-state index < -0.39 is 15.6 Å². The van der Waals surface area contributed by atoms with Gasteiger partial charge in [-0.2, -0.15) is 0 Å². The van der Waals surface area contributed by atoms with Crippen molar-refractivity contribution in [2.24, 2.45) is 0 Å². The second-order valence-corrected chi connectivity index (χ2v) is 30.2. The van der Waals surface area contributed by atoms with E-state index in [1.807, 2.05) is 17.9 Å². The fraction of sp³-hybridized carbons (Fsp3) is 0.364. The van der Waals surface area contributed by atoms with E-state index in [0.29, 0.717) is 0 Å². The molecular formula is C22H26N2S4Sn. The van der Waals surface area contributed by atoms with Gasteiger partial charge < -0.3 is 0 Å². The molecule has 4 rings (SSSR count). The Balaban J connectivity index is 1.75. The van der Waals surface area contributed by atoms with E-state index in [0.717, 1.165) is 34.8 Å². The summed E-state index contributed by atoms with van der Waals surface area (Å²) < 4.78 is 5.04. The monoisotopic (exact) mass is 566 g/mol. The molecule has 0 bridgehead atoms. The summed E-state index contributed by atoms with van der Waals surface area (Å²) in [7, 11) is 4.00. The van der Waals surface area contributed by atoms with Crippen molar-refractivity contribution in [3.05, 3.63) is 60.7 Å². The van der Waals surface area contributed by atoms with Crippen LogP contribution >= 0.6 is 42.3 Å². The standard InChI is InChI=1S/2C6H5.2C5H9NS2.Sn/c2*1-2-4-6-5-3-1;2*7-5(8)6-3-1-2-4-6;/h2*1-5H;2*1-4H2,(H,7,8);/q;;;;+2/p-2. The van der Waals surface area contributed by atoms with Crippen LogP contribution in [-0.4, -0.2) is 60.2 Å². The zero-order valence-electron chi connectivity index (χ0n) is 16.5. The van der Waals surface area contributed by atoms with E-state index in [2.05, 4.69) is 70.5 Å². The number of nitrogens with zero attached hydrogens (tertiary/aromatic N) is 2. The summed E-state index contributed by atoms with van der Waals surface area (Å²) in [4.78, 5) is 4.83. The van der Waals surface area contributed by atoms with Gasteiger partial charge in [-0.1, -0.05) is 0 Å². The molecule has 7 heteroatoms. The van der Waals surface area contributed by atoms with Gasteiger partial charge in [0.1, 0.15) is 0 Å². The van der Waals surface area contributed by atoms with Crippen molar-refractivity contribution in [2.75, 3.05) is 26.2 Å². The number of hydrogen-bond acceptors (Lipinski definition) is 4. The Labute approximate surface area is 194 Å². The Hall–Kier alpha value is -0.281. The third kappa shape index (κ3) is 5.14. The molecule has 2 fully saturated rings. The van der Waals surface area contributed by atoms with Crippen molar-refractivity contribution < 1.29 is 0 Å². The molecule has 0 spiro atoms. The quantitative estimate of drug-likeness (QED) is 0.396. The predicted molar refractivity (Wildman–Crippen MR) is 140 cm³/mol. The van der Waals surface area contributed by atoms with Crippen LogP contribution in [0, 0.1) is 0 Å². The van der Waals surface area contributed by atoms with Crippen molar-refractivity contribution in [1.29, 1.82) is 0 Å². The van der Waals surface area contributed by atoms with Gasteiger partial charge in [-0.15, -0.1) is 0 Å². The molecule has 0 N–H and O–H groups in total. The third-order valence-electron chi connectivity index (χ3n) is 5.50. The first kappa shape index (κ1) is 21.9. The van der Waals surface area contributed by atoms with Crippen molar-refractivity contribution in [2.45, 2.75) is 25.7 Å². The average Bonchev–Trinajstić information content (AvgIpc) is 3.48. The Morgan fingerprint density at radius 1 is 0.621 bits per heavy atom. The van der Waals surface area contributed by atoms with Crippen LogP contribution in [0.4, 0.5) is 0 Å². The van der Waals surface area contributed by atoms with Crippen LogP contribution in [0.25, 0.3) is 0 Å². The van der Waals surface area contributed by atoms with Crippen LogP contribution < -0.4 is 7.16 Å². The first-order valence-corrected chi connectivity index (χ1v) is 22.6. The summed E-state index contributed by atoms with van der Waals surface area (Å²) in [6.45, 7) is 4.38. The van der Waals surface area contributed by atoms with Gasteiger partial charge in [-0.3, -0.25) is 0 Å². The zero-order valence-corrected chi connectivity index (χ0v) is 22.6. The van der Waals surface area contributed by atoms with Crippen LogP contribution in [0.1, 0.15) is 25.7 Å². The maximum absolute atomic E-state index is 6.02. The first-order chi connectivity index (χ1) is 14.2. The molecular weight excluding hydrogens is 539 g/mol. The molecule has 0 amide bonds. The van der Waals surface area contributed by atoms with Crippen LogP contribution in [0.3, 0.4) is 0 Å². The van der Waals surface area contributed by atoms with E-state index in [1.54, 1.807) is 0 Å². The fourth-order valence-corrected chi connectivity index (χ4v) is 36.1. The van der Waals surface area contributed by atoms with Crippen molar-refractivity contribution >= 4 is 73.7 Å². The molecule has 0 saturated carbocycles. The average molecular weight is 565 g/mol. The Morgan fingerprint density at radius 2 is 0.966 bits per heavy atom. The normalized spacial score (nSPS) is 17.0. The first-order valence-electron chi connectivity index (χ1n) is 10.3. The fourth-order valence-electron chi connectivity index (χ4n) is 3.91. The zero-order chi connectivity index (χ0) is 20.1. The molecule has 2 aromatic rings. The molecule has 2 saturated heterocycles. The summed E-state index contributed by atoms with van der Waals surface area (Å²) >= 11 is 8.70. The molecule has 0 atom stereocenters. The van der Waals surface area contributed by atoms with E-state index >= 15 is 0 Å². The van der Waals surface area contributed by atoms with Crippen LogP contribution in [0.2, 0.25) is 0 Å². The van der Waals surface area contributed by atoms with Gasteiger partial charge in [0.25, 0.3) is 0 Å². The van der Waals surface area contributed by atoms with Crippen LogP contribution in [-0.2, 0) is 0 Å². The molecule has 0 unspecified atom stereocenters. The van der Waals surface area contributed by atoms with Crippen molar-refractivity contribution in [3.8, 4) is 0 Å². The second-order valence-electron chi connectivity index (χ2n) is 7.47. The maximum atomic E-state index is 6.02. The predicted octanol–water partition coefficient (Wildman–Crippen LogP) is 4.47. The number of rotatable bonds is 4. The van der Waals surface area contributed by atoms with Crippen LogP contribution in [0.15, 0.2) is 60.7 Å². The van der Waals surface area contributed by atoms with Gasteiger partial charge in [0.2, 0.25) is 0 Å².